The molecule has 1 aromatic heterocycles. The largest absolute Gasteiger partial charge is 0.444 e. The maximum Gasteiger partial charge on any atom is 0.226 e. The minimum Gasteiger partial charge on any atom is -0.444 e. The summed E-state index contributed by atoms with van der Waals surface area (Å²) in [5.74, 6) is 2.28. The van der Waals surface area contributed by atoms with Crippen LogP contribution in [0.1, 0.15) is 37.4 Å². The van der Waals surface area contributed by atoms with Gasteiger partial charge in [0.15, 0.2) is 5.96 Å². The number of hydrogen-bond donors (Lipinski definition) is 2. The zero-order valence-corrected chi connectivity index (χ0v) is 20.1. The van der Waals surface area contributed by atoms with Crippen LogP contribution in [0, 0.1) is 12.8 Å². The van der Waals surface area contributed by atoms with Gasteiger partial charge in [0.25, 0.3) is 0 Å². The first-order valence-corrected chi connectivity index (χ1v) is 10.4. The minimum absolute atomic E-state index is 0. The predicted molar refractivity (Wildman–Crippen MR) is 130 cm³/mol. The van der Waals surface area contributed by atoms with Gasteiger partial charge in [0.05, 0.1) is 12.2 Å². The molecule has 6 nitrogen and oxygen atoms in total. The molecule has 0 bridgehead atoms. The topological polar surface area (TPSA) is 65.7 Å². The molecule has 1 saturated heterocycles. The van der Waals surface area contributed by atoms with Crippen LogP contribution in [-0.4, -0.2) is 49.1 Å². The van der Waals surface area contributed by atoms with E-state index in [0.717, 1.165) is 29.7 Å². The first-order chi connectivity index (χ1) is 13.7. The Morgan fingerprint density at radius 2 is 1.93 bits per heavy atom. The average Bonchev–Trinajstić information content (AvgIpc) is 3.20. The summed E-state index contributed by atoms with van der Waals surface area (Å²) in [7, 11) is 1.80. The normalized spacial score (nSPS) is 15.8. The fourth-order valence-corrected chi connectivity index (χ4v) is 3.60. The highest BCUT2D eigenvalue weighted by molar-refractivity contribution is 14.0. The van der Waals surface area contributed by atoms with E-state index in [2.05, 4.69) is 51.5 Å². The molecule has 160 valence electrons. The van der Waals surface area contributed by atoms with E-state index in [1.165, 1.54) is 44.5 Å². The number of oxazole rings is 1. The number of benzene rings is 1. The Balaban J connectivity index is 0.00000300. The molecule has 2 aromatic rings. The Hall–Kier alpha value is -1.61. The third kappa shape index (κ3) is 7.29. The van der Waals surface area contributed by atoms with E-state index >= 15 is 0 Å². The second kappa shape index (κ2) is 12.2. The van der Waals surface area contributed by atoms with Crippen molar-refractivity contribution in [3.05, 3.63) is 41.8 Å². The van der Waals surface area contributed by atoms with E-state index in [9.17, 15) is 0 Å². The number of halogens is 1. The molecule has 0 unspecified atom stereocenters. The van der Waals surface area contributed by atoms with Gasteiger partial charge < -0.3 is 20.0 Å². The molecule has 1 aliphatic rings. The lowest BCUT2D eigenvalue weighted by atomic mass is 9.93. The van der Waals surface area contributed by atoms with Crippen LogP contribution in [-0.2, 0) is 6.54 Å². The zero-order chi connectivity index (χ0) is 19.8. The van der Waals surface area contributed by atoms with Gasteiger partial charge in [-0.05, 0) is 63.9 Å². The Morgan fingerprint density at radius 1 is 1.21 bits per heavy atom. The Labute approximate surface area is 191 Å². The van der Waals surface area contributed by atoms with Gasteiger partial charge in [-0.15, -0.1) is 24.0 Å². The number of nitrogens with one attached hydrogen (secondary N) is 2. The fraction of sp³-hybridized carbons (Fsp3) is 0.545. The number of likely N-dealkylation sites (tertiary alicyclic amines) is 1. The monoisotopic (exact) mass is 511 g/mol. The molecule has 3 rings (SSSR count). The summed E-state index contributed by atoms with van der Waals surface area (Å²) in [6.07, 6.45) is 5.52. The van der Waals surface area contributed by atoms with E-state index in [1.54, 1.807) is 13.3 Å². The van der Waals surface area contributed by atoms with Crippen molar-refractivity contribution in [2.75, 3.05) is 33.2 Å². The van der Waals surface area contributed by atoms with Crippen molar-refractivity contribution < 1.29 is 4.42 Å². The first-order valence-electron chi connectivity index (χ1n) is 10.4. The number of aryl methyl sites for hydroxylation is 1. The van der Waals surface area contributed by atoms with E-state index < -0.39 is 0 Å². The van der Waals surface area contributed by atoms with Gasteiger partial charge in [-0.25, -0.2) is 4.98 Å². The van der Waals surface area contributed by atoms with Gasteiger partial charge in [-0.2, -0.15) is 0 Å². The fourth-order valence-electron chi connectivity index (χ4n) is 3.60. The molecular weight excluding hydrogens is 477 g/mol. The maximum absolute atomic E-state index is 5.62. The summed E-state index contributed by atoms with van der Waals surface area (Å²) in [5.41, 5.74) is 3.09. The number of aliphatic imine (C=N–C) groups is 1. The third-order valence-electron chi connectivity index (χ3n) is 5.51. The quantitative estimate of drug-likeness (QED) is 0.334. The highest BCUT2D eigenvalue weighted by Crippen LogP contribution is 2.20. The van der Waals surface area contributed by atoms with Crippen LogP contribution < -0.4 is 10.6 Å². The second-order valence-electron chi connectivity index (χ2n) is 7.53. The molecule has 2 N–H and O–H groups in total. The minimum atomic E-state index is 0. The number of piperidine rings is 1. The van der Waals surface area contributed by atoms with Crippen LogP contribution in [0.3, 0.4) is 0 Å². The molecule has 1 aliphatic heterocycles. The molecule has 0 atom stereocenters. The summed E-state index contributed by atoms with van der Waals surface area (Å²) in [6.45, 7) is 9.51. The Kier molecular flexibility index (Phi) is 9.93. The SMILES string of the molecule is CCN1CCC(CCNC(=NC)NCc2coc(-c3ccc(C)cc3)n2)CC1.I. The van der Waals surface area contributed by atoms with Crippen LogP contribution in [0.2, 0.25) is 0 Å². The lowest BCUT2D eigenvalue weighted by Crippen LogP contribution is -2.39. The molecule has 0 spiro atoms. The van der Waals surface area contributed by atoms with E-state index in [0.29, 0.717) is 12.4 Å². The summed E-state index contributed by atoms with van der Waals surface area (Å²) >= 11 is 0. The van der Waals surface area contributed by atoms with Gasteiger partial charge in [-0.3, -0.25) is 4.99 Å². The Morgan fingerprint density at radius 3 is 2.59 bits per heavy atom. The molecule has 29 heavy (non-hydrogen) atoms. The first kappa shape index (κ1) is 23.7. The number of nitrogens with zero attached hydrogens (tertiary/aromatic N) is 3. The maximum atomic E-state index is 5.62. The molecular formula is C22H34IN5O. The van der Waals surface area contributed by atoms with Crippen LogP contribution in [0.25, 0.3) is 11.5 Å². The van der Waals surface area contributed by atoms with Crippen LogP contribution in [0.5, 0.6) is 0 Å². The van der Waals surface area contributed by atoms with Crippen molar-refractivity contribution in [1.82, 2.24) is 20.5 Å². The van der Waals surface area contributed by atoms with Crippen molar-refractivity contribution in [3.63, 3.8) is 0 Å². The molecule has 1 fully saturated rings. The standard InChI is InChI=1S/C22H33N5O.HI/c1-4-27-13-10-18(11-14-27)9-12-24-22(23-3)25-15-20-16-28-21(26-20)19-7-5-17(2)6-8-19;/h5-8,16,18H,4,9-15H2,1-3H3,(H2,23,24,25);1H. The van der Waals surface area contributed by atoms with Crippen LogP contribution >= 0.6 is 24.0 Å². The molecule has 0 radical (unpaired) electrons. The number of guanidine groups is 1. The highest BCUT2D eigenvalue weighted by Gasteiger charge is 2.17. The van der Waals surface area contributed by atoms with Crippen molar-refractivity contribution in [2.24, 2.45) is 10.9 Å². The van der Waals surface area contributed by atoms with Crippen LogP contribution in [0.15, 0.2) is 39.9 Å². The zero-order valence-electron chi connectivity index (χ0n) is 17.8. The van der Waals surface area contributed by atoms with Gasteiger partial charge >= 0.3 is 0 Å². The molecule has 0 saturated carbocycles. The molecule has 0 amide bonds. The smallest absolute Gasteiger partial charge is 0.226 e. The Bertz CT molecular complexity index is 751. The van der Waals surface area contributed by atoms with Crippen LogP contribution in [0.4, 0.5) is 0 Å². The summed E-state index contributed by atoms with van der Waals surface area (Å²) in [5, 5.41) is 6.75. The highest BCUT2D eigenvalue weighted by atomic mass is 127. The summed E-state index contributed by atoms with van der Waals surface area (Å²) in [6, 6.07) is 8.19. The lowest BCUT2D eigenvalue weighted by Gasteiger charge is -2.31. The van der Waals surface area contributed by atoms with E-state index in [1.807, 2.05) is 12.1 Å². The molecule has 0 aliphatic carbocycles. The summed E-state index contributed by atoms with van der Waals surface area (Å²) in [4.78, 5) is 11.4. The predicted octanol–water partition coefficient (Wildman–Crippen LogP) is 4.06. The lowest BCUT2D eigenvalue weighted by molar-refractivity contribution is 0.187. The molecule has 2 heterocycles. The number of hydrogen-bond acceptors (Lipinski definition) is 4. The average molecular weight is 511 g/mol. The van der Waals surface area contributed by atoms with Gasteiger partial charge in [0.1, 0.15) is 6.26 Å². The van der Waals surface area contributed by atoms with Crippen molar-refractivity contribution in [2.45, 2.75) is 39.7 Å². The van der Waals surface area contributed by atoms with Gasteiger partial charge in [0, 0.05) is 19.2 Å². The van der Waals surface area contributed by atoms with Gasteiger partial charge in [0.2, 0.25) is 5.89 Å². The van der Waals surface area contributed by atoms with Gasteiger partial charge in [-0.1, -0.05) is 24.6 Å². The molecule has 1 aromatic carbocycles. The van der Waals surface area contributed by atoms with Crippen molar-refractivity contribution in [3.8, 4) is 11.5 Å². The third-order valence-corrected chi connectivity index (χ3v) is 5.51. The molecule has 7 heteroatoms. The van der Waals surface area contributed by atoms with Crippen molar-refractivity contribution >= 4 is 29.9 Å². The van der Waals surface area contributed by atoms with Crippen molar-refractivity contribution in [1.29, 1.82) is 0 Å². The van der Waals surface area contributed by atoms with E-state index in [4.69, 9.17) is 4.42 Å². The number of aromatic nitrogens is 1. The second-order valence-corrected chi connectivity index (χ2v) is 7.53. The number of rotatable bonds is 7. The van der Waals surface area contributed by atoms with E-state index in [-0.39, 0.29) is 24.0 Å². The summed E-state index contributed by atoms with van der Waals surface area (Å²) < 4.78 is 5.62.